The number of carboxylic acids is 1. The summed E-state index contributed by atoms with van der Waals surface area (Å²) in [5.41, 5.74) is 1.72. The van der Waals surface area contributed by atoms with Crippen LogP contribution < -0.4 is 10.2 Å². The summed E-state index contributed by atoms with van der Waals surface area (Å²) in [4.78, 5) is 48.1. The summed E-state index contributed by atoms with van der Waals surface area (Å²) in [5.74, 6) is -1.71. The number of carbonyl (C=O) groups is 4. The Morgan fingerprint density at radius 3 is 2.22 bits per heavy atom. The maximum atomic E-state index is 12.6. The lowest BCUT2D eigenvalue weighted by Crippen LogP contribution is -2.27. The Hall–Kier alpha value is -3.39. The standard InChI is InChI=1S/C19H14N2O5S/c1-11(22)20-14-6-8-15(9-7-14)21-17(23)16(27-19(21)26)10-12-2-4-13(5-3-12)18(24)25/h2-10H,1H3,(H,20,22)(H,24,25)/b16-10-. The average Bonchev–Trinajstić information content (AvgIpc) is 2.89. The number of carbonyl (C=O) groups excluding carboxylic acids is 3. The molecule has 8 heteroatoms. The first-order valence-electron chi connectivity index (χ1n) is 7.84. The van der Waals surface area contributed by atoms with Crippen LogP contribution in [0.5, 0.6) is 0 Å². The van der Waals surface area contributed by atoms with Gasteiger partial charge < -0.3 is 10.4 Å². The van der Waals surface area contributed by atoms with Crippen LogP contribution >= 0.6 is 11.8 Å². The third-order valence-electron chi connectivity index (χ3n) is 3.69. The zero-order chi connectivity index (χ0) is 19.6. The lowest BCUT2D eigenvalue weighted by Gasteiger charge is -2.13. The molecule has 2 aromatic rings. The maximum Gasteiger partial charge on any atom is 0.335 e. The molecule has 1 fully saturated rings. The molecule has 1 aliphatic heterocycles. The highest BCUT2D eigenvalue weighted by Gasteiger charge is 2.36. The topological polar surface area (TPSA) is 104 Å². The minimum atomic E-state index is -1.04. The van der Waals surface area contributed by atoms with Gasteiger partial charge in [0.15, 0.2) is 0 Å². The summed E-state index contributed by atoms with van der Waals surface area (Å²) < 4.78 is 0. The molecule has 0 aliphatic carbocycles. The third-order valence-corrected chi connectivity index (χ3v) is 4.56. The molecular weight excluding hydrogens is 368 g/mol. The molecule has 3 rings (SSSR count). The van der Waals surface area contributed by atoms with E-state index >= 15 is 0 Å². The zero-order valence-electron chi connectivity index (χ0n) is 14.1. The van der Waals surface area contributed by atoms with E-state index in [0.717, 1.165) is 16.7 Å². The van der Waals surface area contributed by atoms with Crippen molar-refractivity contribution in [3.8, 4) is 0 Å². The average molecular weight is 382 g/mol. The number of hydrogen-bond acceptors (Lipinski definition) is 5. The number of rotatable bonds is 4. The highest BCUT2D eigenvalue weighted by atomic mass is 32.2. The first-order valence-corrected chi connectivity index (χ1v) is 8.66. The van der Waals surface area contributed by atoms with Crippen molar-refractivity contribution in [2.75, 3.05) is 10.2 Å². The number of thioether (sulfide) groups is 1. The highest BCUT2D eigenvalue weighted by Crippen LogP contribution is 2.36. The summed E-state index contributed by atoms with van der Waals surface area (Å²) in [6.07, 6.45) is 1.54. The second-order valence-electron chi connectivity index (χ2n) is 5.67. The second kappa shape index (κ2) is 7.46. The molecular formula is C19H14N2O5S. The van der Waals surface area contributed by atoms with Crippen molar-refractivity contribution >= 4 is 52.2 Å². The summed E-state index contributed by atoms with van der Waals surface area (Å²) in [6.45, 7) is 1.39. The summed E-state index contributed by atoms with van der Waals surface area (Å²) in [6, 6.07) is 12.4. The van der Waals surface area contributed by atoms with Crippen LogP contribution in [0.3, 0.4) is 0 Å². The van der Waals surface area contributed by atoms with E-state index in [0.29, 0.717) is 16.9 Å². The monoisotopic (exact) mass is 382 g/mol. The Bertz CT molecular complexity index is 965. The minimum Gasteiger partial charge on any atom is -0.478 e. The third kappa shape index (κ3) is 4.06. The number of hydrogen-bond donors (Lipinski definition) is 2. The molecule has 0 bridgehead atoms. The van der Waals surface area contributed by atoms with E-state index in [4.69, 9.17) is 5.11 Å². The van der Waals surface area contributed by atoms with E-state index in [2.05, 4.69) is 5.32 Å². The predicted octanol–water partition coefficient (Wildman–Crippen LogP) is 3.58. The number of benzene rings is 2. The van der Waals surface area contributed by atoms with Gasteiger partial charge in [0.05, 0.1) is 16.2 Å². The first-order chi connectivity index (χ1) is 12.8. The molecule has 0 spiro atoms. The molecule has 2 aromatic carbocycles. The van der Waals surface area contributed by atoms with E-state index < -0.39 is 17.1 Å². The molecule has 0 radical (unpaired) electrons. The van der Waals surface area contributed by atoms with Crippen LogP contribution in [0.15, 0.2) is 53.4 Å². The molecule has 1 saturated heterocycles. The van der Waals surface area contributed by atoms with E-state index in [1.54, 1.807) is 42.5 Å². The number of amides is 3. The summed E-state index contributed by atoms with van der Waals surface area (Å²) >= 11 is 0.809. The van der Waals surface area contributed by atoms with Gasteiger partial charge >= 0.3 is 5.97 Å². The molecule has 0 saturated carbocycles. The van der Waals surface area contributed by atoms with Crippen molar-refractivity contribution in [2.45, 2.75) is 6.92 Å². The fourth-order valence-electron chi connectivity index (χ4n) is 2.46. The van der Waals surface area contributed by atoms with E-state index in [-0.39, 0.29) is 16.4 Å². The fourth-order valence-corrected chi connectivity index (χ4v) is 3.30. The molecule has 0 atom stereocenters. The number of imide groups is 1. The SMILES string of the molecule is CC(=O)Nc1ccc(N2C(=O)S/C(=C\c3ccc(C(=O)O)cc3)C2=O)cc1. The normalized spacial score (nSPS) is 15.3. The van der Waals surface area contributed by atoms with Gasteiger partial charge in [-0.2, -0.15) is 0 Å². The van der Waals surface area contributed by atoms with Crippen LogP contribution in [0.2, 0.25) is 0 Å². The molecule has 7 nitrogen and oxygen atoms in total. The van der Waals surface area contributed by atoms with Gasteiger partial charge in [0.1, 0.15) is 0 Å². The smallest absolute Gasteiger partial charge is 0.335 e. The Morgan fingerprint density at radius 1 is 1.04 bits per heavy atom. The van der Waals surface area contributed by atoms with Crippen LogP contribution in [-0.2, 0) is 9.59 Å². The summed E-state index contributed by atoms with van der Waals surface area (Å²) in [7, 11) is 0. The maximum absolute atomic E-state index is 12.6. The van der Waals surface area contributed by atoms with Gasteiger partial charge in [-0.3, -0.25) is 14.4 Å². The quantitative estimate of drug-likeness (QED) is 0.783. The van der Waals surface area contributed by atoms with Crippen molar-refractivity contribution in [2.24, 2.45) is 0 Å². The molecule has 136 valence electrons. The molecule has 1 heterocycles. The lowest BCUT2D eigenvalue weighted by atomic mass is 10.1. The predicted molar refractivity (Wildman–Crippen MR) is 103 cm³/mol. The molecule has 0 aromatic heterocycles. The number of anilines is 2. The Morgan fingerprint density at radius 2 is 1.67 bits per heavy atom. The van der Waals surface area contributed by atoms with Crippen LogP contribution in [0.4, 0.5) is 16.2 Å². The highest BCUT2D eigenvalue weighted by molar-refractivity contribution is 8.19. The van der Waals surface area contributed by atoms with Crippen molar-refractivity contribution in [3.63, 3.8) is 0 Å². The Labute approximate surface area is 158 Å². The van der Waals surface area contributed by atoms with Gasteiger partial charge in [-0.05, 0) is 59.8 Å². The lowest BCUT2D eigenvalue weighted by molar-refractivity contribution is -0.114. The van der Waals surface area contributed by atoms with Crippen molar-refractivity contribution < 1.29 is 24.3 Å². The van der Waals surface area contributed by atoms with Crippen molar-refractivity contribution in [3.05, 3.63) is 64.6 Å². The van der Waals surface area contributed by atoms with Crippen LogP contribution in [-0.4, -0.2) is 28.1 Å². The largest absolute Gasteiger partial charge is 0.478 e. The van der Waals surface area contributed by atoms with Gasteiger partial charge in [-0.15, -0.1) is 0 Å². The fraction of sp³-hybridized carbons (Fsp3) is 0.0526. The number of nitrogens with one attached hydrogen (secondary N) is 1. The molecule has 3 amide bonds. The number of nitrogens with zero attached hydrogens (tertiary/aromatic N) is 1. The second-order valence-corrected chi connectivity index (χ2v) is 6.67. The van der Waals surface area contributed by atoms with Gasteiger partial charge in [-0.25, -0.2) is 9.69 Å². The number of carboxylic acid groups (broad SMARTS) is 1. The van der Waals surface area contributed by atoms with E-state index in [1.165, 1.54) is 19.1 Å². The van der Waals surface area contributed by atoms with Gasteiger partial charge in [0, 0.05) is 12.6 Å². The van der Waals surface area contributed by atoms with Crippen LogP contribution in [0.25, 0.3) is 6.08 Å². The van der Waals surface area contributed by atoms with Crippen molar-refractivity contribution in [1.82, 2.24) is 0 Å². The van der Waals surface area contributed by atoms with Crippen LogP contribution in [0.1, 0.15) is 22.8 Å². The first kappa shape index (κ1) is 18.4. The minimum absolute atomic E-state index is 0.138. The molecule has 0 unspecified atom stereocenters. The van der Waals surface area contributed by atoms with E-state index in [9.17, 15) is 19.2 Å². The molecule has 27 heavy (non-hydrogen) atoms. The Balaban J connectivity index is 1.82. The van der Waals surface area contributed by atoms with E-state index in [1.807, 2.05) is 0 Å². The van der Waals surface area contributed by atoms with Gasteiger partial charge in [0.2, 0.25) is 5.91 Å². The van der Waals surface area contributed by atoms with Gasteiger partial charge in [0.25, 0.3) is 11.1 Å². The van der Waals surface area contributed by atoms with Gasteiger partial charge in [-0.1, -0.05) is 12.1 Å². The summed E-state index contributed by atoms with van der Waals surface area (Å²) in [5, 5.41) is 11.1. The van der Waals surface area contributed by atoms with Crippen molar-refractivity contribution in [1.29, 1.82) is 0 Å². The Kier molecular flexibility index (Phi) is 5.09. The van der Waals surface area contributed by atoms with Crippen LogP contribution in [0, 0.1) is 0 Å². The molecule has 2 N–H and O–H groups in total. The number of aromatic carboxylic acids is 1. The molecule has 1 aliphatic rings. The zero-order valence-corrected chi connectivity index (χ0v) is 14.9.